The third-order valence-electron chi connectivity index (χ3n) is 3.01. The maximum Gasteiger partial charge on any atom is 0.232 e. The molecule has 0 atom stereocenters. The van der Waals surface area contributed by atoms with E-state index in [0.29, 0.717) is 41.2 Å². The maximum atomic E-state index is 5.95. The molecule has 0 saturated heterocycles. The van der Waals surface area contributed by atoms with Crippen molar-refractivity contribution in [2.75, 3.05) is 32.7 Å². The minimum atomic E-state index is 0. The number of aromatic nitrogens is 1. The van der Waals surface area contributed by atoms with Gasteiger partial charge in [0.2, 0.25) is 5.88 Å². The van der Waals surface area contributed by atoms with Gasteiger partial charge in [-0.15, -0.1) is 24.0 Å². The van der Waals surface area contributed by atoms with E-state index in [1.165, 1.54) is 0 Å². The summed E-state index contributed by atoms with van der Waals surface area (Å²) in [5.74, 6) is 1.91. The Morgan fingerprint density at radius 2 is 2.08 bits per heavy atom. The quantitative estimate of drug-likeness (QED) is 0.275. The van der Waals surface area contributed by atoms with E-state index in [1.807, 2.05) is 0 Å². The second kappa shape index (κ2) is 10.8. The second-order valence-corrected chi connectivity index (χ2v) is 5.00. The molecule has 2 aromatic rings. The first-order valence-electron chi connectivity index (χ1n) is 7.16. The average Bonchev–Trinajstić information content (AvgIpc) is 2.60. The molecular weight excluding hydrogens is 459 g/mol. The number of nitrogens with zero attached hydrogens (tertiary/aromatic N) is 2. The van der Waals surface area contributed by atoms with E-state index in [2.05, 4.69) is 15.3 Å². The fourth-order valence-electron chi connectivity index (χ4n) is 1.88. The number of nitrogens with two attached hydrogens (primary N) is 1. The molecule has 7 nitrogen and oxygen atoms in total. The zero-order valence-electron chi connectivity index (χ0n) is 13.9. The van der Waals surface area contributed by atoms with Crippen LogP contribution in [-0.2, 0) is 0 Å². The fourth-order valence-corrected chi connectivity index (χ4v) is 2.05. The van der Waals surface area contributed by atoms with E-state index in [9.17, 15) is 0 Å². The molecule has 0 aliphatic heterocycles. The zero-order chi connectivity index (χ0) is 17.4. The van der Waals surface area contributed by atoms with Crippen molar-refractivity contribution in [2.45, 2.75) is 0 Å². The van der Waals surface area contributed by atoms with Crippen molar-refractivity contribution in [1.82, 2.24) is 4.98 Å². The number of methoxy groups -OCH3 is 2. The number of benzene rings is 1. The molecule has 0 bridgehead atoms. The number of anilines is 1. The van der Waals surface area contributed by atoms with Crippen molar-refractivity contribution in [1.29, 1.82) is 0 Å². The van der Waals surface area contributed by atoms with Crippen LogP contribution in [0.4, 0.5) is 5.69 Å². The van der Waals surface area contributed by atoms with Crippen LogP contribution in [0.3, 0.4) is 0 Å². The first-order valence-corrected chi connectivity index (χ1v) is 7.54. The van der Waals surface area contributed by atoms with Gasteiger partial charge in [0.25, 0.3) is 0 Å². The summed E-state index contributed by atoms with van der Waals surface area (Å²) in [5, 5.41) is 3.42. The van der Waals surface area contributed by atoms with E-state index in [0.717, 1.165) is 0 Å². The van der Waals surface area contributed by atoms with Gasteiger partial charge in [-0.05, 0) is 24.3 Å². The molecule has 0 spiro atoms. The predicted molar refractivity (Wildman–Crippen MR) is 110 cm³/mol. The van der Waals surface area contributed by atoms with Gasteiger partial charge in [0.05, 0.1) is 26.5 Å². The summed E-state index contributed by atoms with van der Waals surface area (Å²) in [4.78, 5) is 8.21. The normalized spacial score (nSPS) is 10.6. The summed E-state index contributed by atoms with van der Waals surface area (Å²) in [6.07, 6.45) is 1.61. The molecule has 1 heterocycles. The number of hydrogen-bond donors (Lipinski definition) is 2. The van der Waals surface area contributed by atoms with Crippen molar-refractivity contribution < 1.29 is 14.2 Å². The Hall–Kier alpha value is -1.94. The minimum Gasteiger partial charge on any atom is -0.497 e. The van der Waals surface area contributed by atoms with Gasteiger partial charge in [-0.25, -0.2) is 9.98 Å². The van der Waals surface area contributed by atoms with Crippen LogP contribution in [0.15, 0.2) is 41.5 Å². The highest BCUT2D eigenvalue weighted by molar-refractivity contribution is 14.0. The van der Waals surface area contributed by atoms with E-state index in [4.69, 9.17) is 31.5 Å². The lowest BCUT2D eigenvalue weighted by molar-refractivity contribution is 0.316. The van der Waals surface area contributed by atoms with Gasteiger partial charge in [0.1, 0.15) is 23.1 Å². The smallest absolute Gasteiger partial charge is 0.232 e. The number of ether oxygens (including phenoxy) is 3. The monoisotopic (exact) mass is 478 g/mol. The van der Waals surface area contributed by atoms with Gasteiger partial charge in [0, 0.05) is 12.3 Å². The molecule has 0 fully saturated rings. The predicted octanol–water partition coefficient (Wildman–Crippen LogP) is 3.18. The summed E-state index contributed by atoms with van der Waals surface area (Å²) in [6, 6.07) is 8.78. The Morgan fingerprint density at radius 3 is 2.76 bits per heavy atom. The third kappa shape index (κ3) is 6.46. The maximum absolute atomic E-state index is 5.95. The van der Waals surface area contributed by atoms with Crippen LogP contribution in [0.5, 0.6) is 17.4 Å². The number of pyridine rings is 1. The highest BCUT2D eigenvalue weighted by Crippen LogP contribution is 2.28. The summed E-state index contributed by atoms with van der Waals surface area (Å²) < 4.78 is 15.9. The molecule has 9 heteroatoms. The Bertz CT molecular complexity index is 716. The molecule has 25 heavy (non-hydrogen) atoms. The van der Waals surface area contributed by atoms with E-state index >= 15 is 0 Å². The van der Waals surface area contributed by atoms with Crippen LogP contribution in [0.1, 0.15) is 0 Å². The van der Waals surface area contributed by atoms with Crippen molar-refractivity contribution >= 4 is 47.2 Å². The van der Waals surface area contributed by atoms with Crippen molar-refractivity contribution in [3.05, 3.63) is 41.6 Å². The Kier molecular flexibility index (Phi) is 9.14. The van der Waals surface area contributed by atoms with Crippen molar-refractivity contribution in [3.63, 3.8) is 0 Å². The number of halogens is 2. The molecule has 0 aliphatic rings. The van der Waals surface area contributed by atoms with E-state index in [-0.39, 0.29) is 29.9 Å². The number of hydrogen-bond acceptors (Lipinski definition) is 5. The van der Waals surface area contributed by atoms with Gasteiger partial charge in [0.15, 0.2) is 5.96 Å². The third-order valence-corrected chi connectivity index (χ3v) is 3.29. The van der Waals surface area contributed by atoms with Gasteiger partial charge >= 0.3 is 0 Å². The molecule has 1 aromatic heterocycles. The lowest BCUT2D eigenvalue weighted by Gasteiger charge is -2.12. The molecule has 0 amide bonds. The highest BCUT2D eigenvalue weighted by atomic mass is 127. The van der Waals surface area contributed by atoms with Crippen molar-refractivity contribution in [3.8, 4) is 17.4 Å². The van der Waals surface area contributed by atoms with E-state index < -0.39 is 0 Å². The second-order valence-electron chi connectivity index (χ2n) is 4.60. The molecule has 2 rings (SSSR count). The largest absolute Gasteiger partial charge is 0.497 e. The molecule has 0 radical (unpaired) electrons. The molecular formula is C16H20ClIN4O3. The van der Waals surface area contributed by atoms with Crippen LogP contribution in [-0.4, -0.2) is 38.3 Å². The summed E-state index contributed by atoms with van der Waals surface area (Å²) in [7, 11) is 3.16. The fraction of sp³-hybridized carbons (Fsp3) is 0.250. The van der Waals surface area contributed by atoms with Crippen LogP contribution in [0.2, 0.25) is 5.02 Å². The summed E-state index contributed by atoms with van der Waals surface area (Å²) in [6.45, 7) is 0.645. The Balaban J connectivity index is 0.00000312. The van der Waals surface area contributed by atoms with Gasteiger partial charge in [-0.2, -0.15) is 0 Å². The minimum absolute atomic E-state index is 0. The SMILES string of the molecule is COc1ccc(OC)c(NC(N)=NCCOc2ncccc2Cl)c1.I. The molecule has 136 valence electrons. The standard InChI is InChI=1S/C16H19ClN4O3.HI/c1-22-11-5-6-14(23-2)13(10-11)21-16(18)20-8-9-24-15-12(17)4-3-7-19-15;/h3-7,10H,8-9H2,1-2H3,(H3,18,20,21);1H. The Labute approximate surface area is 168 Å². The van der Waals surface area contributed by atoms with Crippen LogP contribution >= 0.6 is 35.6 Å². The molecule has 0 aliphatic carbocycles. The lowest BCUT2D eigenvalue weighted by atomic mass is 10.2. The van der Waals surface area contributed by atoms with Gasteiger partial charge in [-0.3, -0.25) is 0 Å². The number of guanidine groups is 1. The Morgan fingerprint density at radius 1 is 1.28 bits per heavy atom. The molecule has 0 unspecified atom stereocenters. The molecule has 3 N–H and O–H groups in total. The summed E-state index contributed by atoms with van der Waals surface area (Å²) >= 11 is 5.95. The highest BCUT2D eigenvalue weighted by Gasteiger charge is 2.06. The van der Waals surface area contributed by atoms with Crippen LogP contribution in [0.25, 0.3) is 0 Å². The van der Waals surface area contributed by atoms with Crippen LogP contribution < -0.4 is 25.3 Å². The van der Waals surface area contributed by atoms with E-state index in [1.54, 1.807) is 50.7 Å². The van der Waals surface area contributed by atoms with Gasteiger partial charge < -0.3 is 25.3 Å². The van der Waals surface area contributed by atoms with Crippen LogP contribution in [0, 0.1) is 0 Å². The topological polar surface area (TPSA) is 91.0 Å². The van der Waals surface area contributed by atoms with Gasteiger partial charge in [-0.1, -0.05) is 11.6 Å². The molecule has 1 aromatic carbocycles. The zero-order valence-corrected chi connectivity index (χ0v) is 16.9. The van der Waals surface area contributed by atoms with Crippen molar-refractivity contribution in [2.24, 2.45) is 10.7 Å². The average molecular weight is 479 g/mol. The number of nitrogens with one attached hydrogen (secondary N) is 1. The lowest BCUT2D eigenvalue weighted by Crippen LogP contribution is -2.24. The first kappa shape index (κ1) is 21.1. The number of rotatable bonds is 7. The number of aliphatic imine (C=N–C) groups is 1. The summed E-state index contributed by atoms with van der Waals surface area (Å²) in [5.41, 5.74) is 6.53. The molecule has 0 saturated carbocycles. The first-order chi connectivity index (χ1) is 11.6.